The third-order valence-electron chi connectivity index (χ3n) is 4.02. The molecule has 1 unspecified atom stereocenters. The molecule has 1 atom stereocenters. The molecule has 0 saturated heterocycles. The molecule has 1 amide bonds. The minimum absolute atomic E-state index is 0.111. The van der Waals surface area contributed by atoms with Gasteiger partial charge in [-0.1, -0.05) is 6.07 Å². The third-order valence-corrected chi connectivity index (χ3v) is 4.89. The first-order valence-corrected chi connectivity index (χ1v) is 9.36. The van der Waals surface area contributed by atoms with Gasteiger partial charge in [0.15, 0.2) is 0 Å². The molecule has 0 radical (unpaired) electrons. The van der Waals surface area contributed by atoms with Gasteiger partial charge in [0, 0.05) is 16.9 Å². The summed E-state index contributed by atoms with van der Waals surface area (Å²) in [6.07, 6.45) is -0.623. The molecule has 0 fully saturated rings. The van der Waals surface area contributed by atoms with Crippen LogP contribution in [0.25, 0.3) is 22.4 Å². The van der Waals surface area contributed by atoms with Crippen molar-refractivity contribution in [3.63, 3.8) is 0 Å². The number of aliphatic hydroxyl groups is 1. The van der Waals surface area contributed by atoms with E-state index in [-0.39, 0.29) is 5.91 Å². The van der Waals surface area contributed by atoms with Gasteiger partial charge in [0.2, 0.25) is 0 Å². The molecule has 27 heavy (non-hydrogen) atoms. The van der Waals surface area contributed by atoms with E-state index in [1.54, 1.807) is 13.0 Å². The van der Waals surface area contributed by atoms with E-state index in [0.29, 0.717) is 4.88 Å². The fraction of sp³-hybridized carbons (Fsp3) is 0.100. The number of nitrogens with one attached hydrogen (secondary N) is 3. The molecule has 2 heterocycles. The average molecular weight is 378 g/mol. The first-order chi connectivity index (χ1) is 13.1. The lowest BCUT2D eigenvalue weighted by atomic mass is 10.2. The van der Waals surface area contributed by atoms with E-state index in [2.05, 4.69) is 20.6 Å². The molecule has 2 aromatic heterocycles. The van der Waals surface area contributed by atoms with E-state index in [1.165, 1.54) is 11.3 Å². The Hall–Kier alpha value is -3.16. The summed E-state index contributed by atoms with van der Waals surface area (Å²) in [4.78, 5) is 20.7. The third kappa shape index (κ3) is 3.84. The van der Waals surface area contributed by atoms with Crippen molar-refractivity contribution in [1.82, 2.24) is 9.97 Å². The highest BCUT2D eigenvalue weighted by atomic mass is 32.1. The molecule has 4 rings (SSSR count). The van der Waals surface area contributed by atoms with Crippen LogP contribution in [-0.4, -0.2) is 27.2 Å². The molecule has 0 aliphatic rings. The van der Waals surface area contributed by atoms with E-state index < -0.39 is 6.23 Å². The van der Waals surface area contributed by atoms with E-state index in [1.807, 2.05) is 53.9 Å². The lowest BCUT2D eigenvalue weighted by Crippen LogP contribution is -2.12. The number of imidazole rings is 1. The summed E-state index contributed by atoms with van der Waals surface area (Å²) in [5, 5.41) is 17.2. The molecule has 0 saturated carbocycles. The van der Waals surface area contributed by atoms with Crippen LogP contribution in [0.15, 0.2) is 60.0 Å². The predicted octanol–water partition coefficient (Wildman–Crippen LogP) is 4.29. The SMILES string of the molecule is CC(O)Nc1ccc2nc(-c3ccc(NC(=O)c4cccs4)cc3)[nH]c2c1. The number of thiophene rings is 1. The van der Waals surface area contributed by atoms with Crippen LogP contribution in [0.4, 0.5) is 11.4 Å². The summed E-state index contributed by atoms with van der Waals surface area (Å²) in [5.74, 6) is 0.634. The number of carbonyl (C=O) groups excluding carboxylic acids is 1. The molecule has 0 bridgehead atoms. The largest absolute Gasteiger partial charge is 0.374 e. The van der Waals surface area contributed by atoms with Crippen LogP contribution in [0.1, 0.15) is 16.6 Å². The fourth-order valence-electron chi connectivity index (χ4n) is 2.79. The average Bonchev–Trinajstić information content (AvgIpc) is 3.31. The number of amides is 1. The number of fused-ring (bicyclic) bond motifs is 1. The van der Waals surface area contributed by atoms with E-state index in [9.17, 15) is 9.90 Å². The summed E-state index contributed by atoms with van der Waals surface area (Å²) >= 11 is 1.41. The van der Waals surface area contributed by atoms with Gasteiger partial charge < -0.3 is 20.7 Å². The van der Waals surface area contributed by atoms with Crippen molar-refractivity contribution in [2.24, 2.45) is 0 Å². The van der Waals surface area contributed by atoms with Crippen LogP contribution in [-0.2, 0) is 0 Å². The first-order valence-electron chi connectivity index (χ1n) is 8.48. The second kappa shape index (κ2) is 7.22. The maximum Gasteiger partial charge on any atom is 0.265 e. The molecule has 0 aliphatic carbocycles. The maximum atomic E-state index is 12.1. The topological polar surface area (TPSA) is 90.0 Å². The standard InChI is InChI=1S/C20H18N4O2S/c1-12(25)21-15-8-9-16-17(11-15)24-19(23-16)13-4-6-14(7-5-13)22-20(26)18-3-2-10-27-18/h2-12,21,25H,1H3,(H,22,26)(H,23,24). The summed E-state index contributed by atoms with van der Waals surface area (Å²) in [5.41, 5.74) is 4.20. The molecule has 4 N–H and O–H groups in total. The molecule has 0 aliphatic heterocycles. The summed E-state index contributed by atoms with van der Waals surface area (Å²) in [7, 11) is 0. The van der Waals surface area contributed by atoms with Crippen molar-refractivity contribution in [1.29, 1.82) is 0 Å². The van der Waals surface area contributed by atoms with Gasteiger partial charge in [-0.3, -0.25) is 4.79 Å². The van der Waals surface area contributed by atoms with Gasteiger partial charge in [-0.05, 0) is 60.8 Å². The summed E-state index contributed by atoms with van der Waals surface area (Å²) in [6, 6.07) is 16.9. The highest BCUT2D eigenvalue weighted by Crippen LogP contribution is 2.24. The van der Waals surface area contributed by atoms with Crippen LogP contribution < -0.4 is 10.6 Å². The normalized spacial score (nSPS) is 12.1. The smallest absolute Gasteiger partial charge is 0.265 e. The highest BCUT2D eigenvalue weighted by Gasteiger charge is 2.09. The van der Waals surface area contributed by atoms with Crippen LogP contribution in [0.3, 0.4) is 0 Å². The zero-order valence-corrected chi connectivity index (χ0v) is 15.4. The molecule has 6 nitrogen and oxygen atoms in total. The Morgan fingerprint density at radius 2 is 1.93 bits per heavy atom. The molecule has 7 heteroatoms. The van der Waals surface area contributed by atoms with Crippen molar-refractivity contribution in [2.75, 3.05) is 10.6 Å². The lowest BCUT2D eigenvalue weighted by Gasteiger charge is -2.08. The van der Waals surface area contributed by atoms with Gasteiger partial charge in [-0.25, -0.2) is 4.98 Å². The minimum atomic E-state index is -0.623. The molecular formula is C20H18N4O2S. The summed E-state index contributed by atoms with van der Waals surface area (Å²) in [6.45, 7) is 1.67. The maximum absolute atomic E-state index is 12.1. The Bertz CT molecular complexity index is 1070. The Morgan fingerprint density at radius 1 is 1.15 bits per heavy atom. The van der Waals surface area contributed by atoms with Crippen LogP contribution >= 0.6 is 11.3 Å². The number of rotatable bonds is 5. The van der Waals surface area contributed by atoms with Gasteiger partial charge in [0.25, 0.3) is 5.91 Å². The predicted molar refractivity (Wildman–Crippen MR) is 109 cm³/mol. The molecule has 0 spiro atoms. The zero-order valence-electron chi connectivity index (χ0n) is 14.6. The number of aromatic amines is 1. The van der Waals surface area contributed by atoms with Crippen molar-refractivity contribution < 1.29 is 9.90 Å². The Labute approximate surface area is 159 Å². The number of aliphatic hydroxyl groups excluding tert-OH is 1. The van der Waals surface area contributed by atoms with Crippen molar-refractivity contribution >= 4 is 39.7 Å². The zero-order chi connectivity index (χ0) is 18.8. The first kappa shape index (κ1) is 17.3. The Kier molecular flexibility index (Phi) is 4.62. The number of benzene rings is 2. The minimum Gasteiger partial charge on any atom is -0.374 e. The van der Waals surface area contributed by atoms with Crippen LogP contribution in [0.5, 0.6) is 0 Å². The Balaban J connectivity index is 1.53. The van der Waals surface area contributed by atoms with Gasteiger partial charge in [0.05, 0.1) is 15.9 Å². The van der Waals surface area contributed by atoms with E-state index in [0.717, 1.165) is 33.8 Å². The quantitative estimate of drug-likeness (QED) is 0.390. The number of H-pyrrole nitrogens is 1. The number of aromatic nitrogens is 2. The van der Waals surface area contributed by atoms with E-state index in [4.69, 9.17) is 0 Å². The second-order valence-corrected chi connectivity index (χ2v) is 7.09. The lowest BCUT2D eigenvalue weighted by molar-refractivity contribution is 0.103. The number of nitrogens with zero attached hydrogens (tertiary/aromatic N) is 1. The van der Waals surface area contributed by atoms with Crippen molar-refractivity contribution in [3.05, 3.63) is 64.9 Å². The highest BCUT2D eigenvalue weighted by molar-refractivity contribution is 7.12. The second-order valence-electron chi connectivity index (χ2n) is 6.15. The number of hydrogen-bond acceptors (Lipinski definition) is 5. The van der Waals surface area contributed by atoms with Crippen LogP contribution in [0, 0.1) is 0 Å². The molecular weight excluding hydrogens is 360 g/mol. The molecule has 136 valence electrons. The van der Waals surface area contributed by atoms with Gasteiger partial charge in [-0.15, -0.1) is 11.3 Å². The van der Waals surface area contributed by atoms with E-state index >= 15 is 0 Å². The Morgan fingerprint density at radius 3 is 2.63 bits per heavy atom. The van der Waals surface area contributed by atoms with Crippen molar-refractivity contribution in [3.8, 4) is 11.4 Å². The number of anilines is 2. The monoisotopic (exact) mass is 378 g/mol. The molecule has 2 aromatic carbocycles. The number of hydrogen-bond donors (Lipinski definition) is 4. The number of carbonyl (C=O) groups is 1. The molecule has 4 aromatic rings. The van der Waals surface area contributed by atoms with Gasteiger partial charge >= 0.3 is 0 Å². The summed E-state index contributed by atoms with van der Waals surface area (Å²) < 4.78 is 0. The van der Waals surface area contributed by atoms with Gasteiger partial charge in [0.1, 0.15) is 12.1 Å². The van der Waals surface area contributed by atoms with Gasteiger partial charge in [-0.2, -0.15) is 0 Å². The fourth-order valence-corrected chi connectivity index (χ4v) is 3.41. The van der Waals surface area contributed by atoms with Crippen LogP contribution in [0.2, 0.25) is 0 Å². The van der Waals surface area contributed by atoms with Crippen molar-refractivity contribution in [2.45, 2.75) is 13.2 Å².